The van der Waals surface area contributed by atoms with Gasteiger partial charge < -0.3 is 5.32 Å². The molecular weight excluding hydrogens is 324 g/mol. The fraction of sp³-hybridized carbons (Fsp3) is 0.667. The minimum absolute atomic E-state index is 0.332. The molecule has 2 fully saturated rings. The van der Waals surface area contributed by atoms with Crippen LogP contribution < -0.4 is 5.32 Å². The van der Waals surface area contributed by atoms with E-state index in [1.807, 2.05) is 0 Å². The Balaban J connectivity index is 1.77. The van der Waals surface area contributed by atoms with Gasteiger partial charge in [-0.3, -0.25) is 4.90 Å². The van der Waals surface area contributed by atoms with E-state index in [-0.39, 0.29) is 0 Å². The van der Waals surface area contributed by atoms with Gasteiger partial charge in [0.05, 0.1) is 0 Å². The lowest BCUT2D eigenvalue weighted by molar-refractivity contribution is 0.0186. The van der Waals surface area contributed by atoms with E-state index in [2.05, 4.69) is 71.2 Å². The van der Waals surface area contributed by atoms with Crippen LogP contribution in [-0.2, 0) is 6.54 Å². The maximum Gasteiger partial charge on any atom is 0.0338 e. The van der Waals surface area contributed by atoms with Crippen molar-refractivity contribution in [2.75, 3.05) is 13.1 Å². The van der Waals surface area contributed by atoms with Crippen LogP contribution in [0.1, 0.15) is 39.2 Å². The van der Waals surface area contributed by atoms with Gasteiger partial charge in [0.1, 0.15) is 0 Å². The van der Waals surface area contributed by atoms with E-state index in [0.29, 0.717) is 17.5 Å². The molecule has 0 radical (unpaired) electrons. The third kappa shape index (κ3) is 3.35. The average Bonchev–Trinajstić information content (AvgIpc) is 3.28. The minimum atomic E-state index is 0.332. The van der Waals surface area contributed by atoms with Crippen molar-refractivity contribution < 1.29 is 0 Å². The van der Waals surface area contributed by atoms with E-state index in [1.54, 1.807) is 0 Å². The molecule has 0 bridgehead atoms. The molecule has 21 heavy (non-hydrogen) atoms. The SMILES string of the molecule is CC(C)C1CN(Cc2ccc(Br)cc2)C(C)(C2CC2)CN1. The van der Waals surface area contributed by atoms with Crippen molar-refractivity contribution in [1.29, 1.82) is 0 Å². The smallest absolute Gasteiger partial charge is 0.0338 e. The van der Waals surface area contributed by atoms with Crippen LogP contribution in [0.25, 0.3) is 0 Å². The maximum absolute atomic E-state index is 3.81. The highest BCUT2D eigenvalue weighted by atomic mass is 79.9. The summed E-state index contributed by atoms with van der Waals surface area (Å²) in [6.45, 7) is 10.5. The number of nitrogens with one attached hydrogen (secondary N) is 1. The standard InChI is InChI=1S/C18H27BrN2/c1-13(2)17-11-21(10-14-4-8-16(19)9-5-14)18(3,12-20-17)15-6-7-15/h4-5,8-9,13,15,17,20H,6-7,10-12H2,1-3H3. The Morgan fingerprint density at radius 1 is 1.29 bits per heavy atom. The van der Waals surface area contributed by atoms with Crippen LogP contribution in [0.3, 0.4) is 0 Å². The highest BCUT2D eigenvalue weighted by molar-refractivity contribution is 9.10. The van der Waals surface area contributed by atoms with E-state index in [1.165, 1.54) is 24.9 Å². The number of rotatable bonds is 4. The highest BCUT2D eigenvalue weighted by Gasteiger charge is 2.48. The third-order valence-electron chi connectivity index (χ3n) is 5.41. The van der Waals surface area contributed by atoms with Crippen LogP contribution in [0.5, 0.6) is 0 Å². The highest BCUT2D eigenvalue weighted by Crippen LogP contribution is 2.44. The first-order chi connectivity index (χ1) is 9.99. The van der Waals surface area contributed by atoms with E-state index in [4.69, 9.17) is 0 Å². The molecule has 1 heterocycles. The zero-order valence-corrected chi connectivity index (χ0v) is 15.0. The van der Waals surface area contributed by atoms with Gasteiger partial charge in [-0.25, -0.2) is 0 Å². The molecule has 1 saturated heterocycles. The molecular formula is C18H27BrN2. The Labute approximate surface area is 137 Å². The van der Waals surface area contributed by atoms with E-state index in [9.17, 15) is 0 Å². The number of halogens is 1. The molecule has 1 aliphatic carbocycles. The summed E-state index contributed by atoms with van der Waals surface area (Å²) in [6, 6.07) is 9.44. The minimum Gasteiger partial charge on any atom is -0.311 e. The molecule has 1 aromatic carbocycles. The maximum atomic E-state index is 3.81. The molecule has 2 nitrogen and oxygen atoms in total. The second-order valence-electron chi connectivity index (χ2n) is 7.37. The zero-order valence-electron chi connectivity index (χ0n) is 13.4. The number of nitrogens with zero attached hydrogens (tertiary/aromatic N) is 1. The van der Waals surface area contributed by atoms with Crippen LogP contribution in [0.2, 0.25) is 0 Å². The molecule has 1 aromatic rings. The first-order valence-corrected chi connectivity index (χ1v) is 9.01. The number of hydrogen-bond acceptors (Lipinski definition) is 2. The molecule has 0 amide bonds. The van der Waals surface area contributed by atoms with Crippen molar-refractivity contribution in [2.24, 2.45) is 11.8 Å². The fourth-order valence-corrected chi connectivity index (χ4v) is 3.83. The Morgan fingerprint density at radius 3 is 2.52 bits per heavy atom. The van der Waals surface area contributed by atoms with Crippen LogP contribution in [0.4, 0.5) is 0 Å². The summed E-state index contributed by atoms with van der Waals surface area (Å²) in [6.07, 6.45) is 2.81. The van der Waals surface area contributed by atoms with E-state index in [0.717, 1.165) is 23.5 Å². The summed E-state index contributed by atoms with van der Waals surface area (Å²) < 4.78 is 1.16. The van der Waals surface area contributed by atoms with Gasteiger partial charge in [-0.1, -0.05) is 41.9 Å². The van der Waals surface area contributed by atoms with Gasteiger partial charge in [0, 0.05) is 35.7 Å². The van der Waals surface area contributed by atoms with Crippen molar-refractivity contribution in [2.45, 2.75) is 51.7 Å². The lowest BCUT2D eigenvalue weighted by Gasteiger charge is -2.49. The van der Waals surface area contributed by atoms with Gasteiger partial charge >= 0.3 is 0 Å². The predicted molar refractivity (Wildman–Crippen MR) is 92.3 cm³/mol. The summed E-state index contributed by atoms with van der Waals surface area (Å²) in [5.74, 6) is 1.58. The summed E-state index contributed by atoms with van der Waals surface area (Å²) in [5, 5.41) is 3.81. The normalized spacial score (nSPS) is 30.8. The third-order valence-corrected chi connectivity index (χ3v) is 5.94. The summed E-state index contributed by atoms with van der Waals surface area (Å²) in [5.41, 5.74) is 1.76. The first-order valence-electron chi connectivity index (χ1n) is 8.22. The second-order valence-corrected chi connectivity index (χ2v) is 8.29. The molecule has 2 aliphatic rings. The summed E-state index contributed by atoms with van der Waals surface area (Å²) >= 11 is 3.53. The molecule has 1 aliphatic heterocycles. The number of piperazine rings is 1. The van der Waals surface area contributed by atoms with Crippen LogP contribution >= 0.6 is 15.9 Å². The van der Waals surface area contributed by atoms with Crippen LogP contribution in [-0.4, -0.2) is 29.6 Å². The predicted octanol–water partition coefficient (Wildman–Crippen LogP) is 4.05. The molecule has 3 heteroatoms. The quantitative estimate of drug-likeness (QED) is 0.881. The second kappa shape index (κ2) is 6.02. The Kier molecular flexibility index (Phi) is 4.45. The van der Waals surface area contributed by atoms with Crippen molar-refractivity contribution in [1.82, 2.24) is 10.2 Å². The van der Waals surface area contributed by atoms with E-state index < -0.39 is 0 Å². The van der Waals surface area contributed by atoms with E-state index >= 15 is 0 Å². The van der Waals surface area contributed by atoms with Gasteiger partial charge in [-0.05, 0) is 49.3 Å². The molecule has 0 aromatic heterocycles. The van der Waals surface area contributed by atoms with Gasteiger partial charge in [-0.2, -0.15) is 0 Å². The Morgan fingerprint density at radius 2 is 1.95 bits per heavy atom. The van der Waals surface area contributed by atoms with Crippen molar-refractivity contribution in [3.8, 4) is 0 Å². The lowest BCUT2D eigenvalue weighted by Crippen LogP contribution is -2.65. The monoisotopic (exact) mass is 350 g/mol. The topological polar surface area (TPSA) is 15.3 Å². The van der Waals surface area contributed by atoms with Crippen LogP contribution in [0.15, 0.2) is 28.7 Å². The van der Waals surface area contributed by atoms with Crippen molar-refractivity contribution in [3.63, 3.8) is 0 Å². The fourth-order valence-electron chi connectivity index (χ4n) is 3.57. The zero-order chi connectivity index (χ0) is 15.0. The van der Waals surface area contributed by atoms with Gasteiger partial charge in [0.15, 0.2) is 0 Å². The van der Waals surface area contributed by atoms with Crippen molar-refractivity contribution in [3.05, 3.63) is 34.3 Å². The van der Waals surface area contributed by atoms with Crippen LogP contribution in [0, 0.1) is 11.8 Å². The summed E-state index contributed by atoms with van der Waals surface area (Å²) in [7, 11) is 0. The Hall–Kier alpha value is -0.380. The molecule has 1 saturated carbocycles. The molecule has 2 unspecified atom stereocenters. The van der Waals surface area contributed by atoms with Gasteiger partial charge in [0.2, 0.25) is 0 Å². The largest absolute Gasteiger partial charge is 0.311 e. The van der Waals surface area contributed by atoms with Crippen molar-refractivity contribution >= 4 is 15.9 Å². The molecule has 3 rings (SSSR count). The number of benzene rings is 1. The first kappa shape index (κ1) is 15.5. The Bertz CT molecular complexity index is 480. The average molecular weight is 351 g/mol. The molecule has 2 atom stereocenters. The van der Waals surface area contributed by atoms with Gasteiger partial charge in [-0.15, -0.1) is 0 Å². The lowest BCUT2D eigenvalue weighted by atomic mass is 9.87. The molecule has 0 spiro atoms. The molecule has 1 N–H and O–H groups in total. The molecule has 116 valence electrons. The summed E-state index contributed by atoms with van der Waals surface area (Å²) in [4.78, 5) is 2.75. The number of hydrogen-bond donors (Lipinski definition) is 1. The van der Waals surface area contributed by atoms with Gasteiger partial charge in [0.25, 0.3) is 0 Å².